The Morgan fingerprint density at radius 1 is 1.25 bits per heavy atom. The molecule has 1 N–H and O–H groups in total. The van der Waals surface area contributed by atoms with Crippen molar-refractivity contribution in [3.05, 3.63) is 30.1 Å². The number of fused-ring (bicyclic) bond motifs is 1. The van der Waals surface area contributed by atoms with Gasteiger partial charge in [0.2, 0.25) is 0 Å². The van der Waals surface area contributed by atoms with E-state index in [1.54, 1.807) is 0 Å². The standard InChI is InChI=1S/C16H21N3O/c1-16(10-19(11-16)12-6-8-20-9-7-12)15-17-13-4-2-3-5-14(13)18-15/h2-5,12H,6-11H2,1H3,(H,17,18). The van der Waals surface area contributed by atoms with Crippen LogP contribution in [0, 0.1) is 0 Å². The number of likely N-dealkylation sites (tertiary alicyclic amines) is 1. The molecule has 2 aliphatic heterocycles. The van der Waals surface area contributed by atoms with Crippen LogP contribution in [0.3, 0.4) is 0 Å². The van der Waals surface area contributed by atoms with Crippen LogP contribution in [-0.2, 0) is 10.2 Å². The van der Waals surface area contributed by atoms with Crippen molar-refractivity contribution in [2.75, 3.05) is 26.3 Å². The van der Waals surface area contributed by atoms with E-state index in [9.17, 15) is 0 Å². The predicted molar refractivity (Wildman–Crippen MR) is 78.9 cm³/mol. The Kier molecular flexibility index (Phi) is 2.82. The number of para-hydroxylation sites is 2. The normalized spacial score (nSPS) is 23.9. The zero-order chi connectivity index (χ0) is 13.6. The molecule has 0 unspecified atom stereocenters. The molecule has 0 saturated carbocycles. The largest absolute Gasteiger partial charge is 0.381 e. The highest BCUT2D eigenvalue weighted by Gasteiger charge is 2.45. The summed E-state index contributed by atoms with van der Waals surface area (Å²) in [5, 5.41) is 0. The van der Waals surface area contributed by atoms with E-state index in [2.05, 4.69) is 35.0 Å². The monoisotopic (exact) mass is 271 g/mol. The van der Waals surface area contributed by atoms with Crippen molar-refractivity contribution >= 4 is 11.0 Å². The van der Waals surface area contributed by atoms with Gasteiger partial charge in [0.25, 0.3) is 0 Å². The summed E-state index contributed by atoms with van der Waals surface area (Å²) in [6, 6.07) is 8.99. The second-order valence-electron chi connectivity index (χ2n) is 6.41. The number of rotatable bonds is 2. The van der Waals surface area contributed by atoms with Gasteiger partial charge in [-0.1, -0.05) is 19.1 Å². The predicted octanol–water partition coefficient (Wildman–Crippen LogP) is 2.32. The fourth-order valence-electron chi connectivity index (χ4n) is 3.55. The van der Waals surface area contributed by atoms with Crippen LogP contribution in [0.1, 0.15) is 25.6 Å². The summed E-state index contributed by atoms with van der Waals surface area (Å²) in [6.07, 6.45) is 2.35. The van der Waals surface area contributed by atoms with Crippen LogP contribution in [0.2, 0.25) is 0 Å². The van der Waals surface area contributed by atoms with Crippen molar-refractivity contribution in [2.24, 2.45) is 0 Å². The summed E-state index contributed by atoms with van der Waals surface area (Å²) in [6.45, 7) is 6.38. The molecule has 2 aliphatic rings. The molecule has 0 amide bonds. The Bertz CT molecular complexity index is 576. The van der Waals surface area contributed by atoms with Crippen molar-refractivity contribution in [3.63, 3.8) is 0 Å². The summed E-state index contributed by atoms with van der Waals surface area (Å²) in [7, 11) is 0. The Hall–Kier alpha value is -1.39. The molecule has 0 aliphatic carbocycles. The maximum absolute atomic E-state index is 5.45. The number of aromatic amines is 1. The quantitative estimate of drug-likeness (QED) is 0.911. The van der Waals surface area contributed by atoms with E-state index in [1.807, 2.05) is 6.07 Å². The van der Waals surface area contributed by atoms with Gasteiger partial charge in [-0.3, -0.25) is 4.90 Å². The molecule has 4 nitrogen and oxygen atoms in total. The van der Waals surface area contributed by atoms with E-state index < -0.39 is 0 Å². The van der Waals surface area contributed by atoms with Gasteiger partial charge in [0, 0.05) is 32.3 Å². The first kappa shape index (κ1) is 12.4. The average molecular weight is 271 g/mol. The van der Waals surface area contributed by atoms with Gasteiger partial charge in [0.15, 0.2) is 0 Å². The number of ether oxygens (including phenoxy) is 1. The van der Waals surface area contributed by atoms with Gasteiger partial charge in [-0.15, -0.1) is 0 Å². The Balaban J connectivity index is 1.51. The van der Waals surface area contributed by atoms with Crippen LogP contribution in [0.5, 0.6) is 0 Å². The lowest BCUT2D eigenvalue weighted by atomic mass is 9.79. The van der Waals surface area contributed by atoms with E-state index in [0.29, 0.717) is 6.04 Å². The Labute approximate surface area is 119 Å². The molecule has 20 heavy (non-hydrogen) atoms. The van der Waals surface area contributed by atoms with Crippen molar-refractivity contribution in [1.29, 1.82) is 0 Å². The van der Waals surface area contributed by atoms with Gasteiger partial charge in [0.1, 0.15) is 5.82 Å². The SMILES string of the molecule is CC1(c2nc3ccccc3[nH]2)CN(C2CCOCC2)C1. The molecule has 1 aromatic carbocycles. The summed E-state index contributed by atoms with van der Waals surface area (Å²) in [4.78, 5) is 10.9. The number of nitrogens with one attached hydrogen (secondary N) is 1. The minimum atomic E-state index is 0.178. The molecule has 1 aromatic heterocycles. The number of aromatic nitrogens is 2. The molecule has 0 bridgehead atoms. The van der Waals surface area contributed by atoms with Crippen molar-refractivity contribution in [3.8, 4) is 0 Å². The number of benzene rings is 1. The molecule has 0 atom stereocenters. The topological polar surface area (TPSA) is 41.2 Å². The number of imidazole rings is 1. The van der Waals surface area contributed by atoms with Gasteiger partial charge in [-0.25, -0.2) is 4.98 Å². The Morgan fingerprint density at radius 2 is 2.00 bits per heavy atom. The lowest BCUT2D eigenvalue weighted by molar-refractivity contribution is -0.0265. The highest BCUT2D eigenvalue weighted by molar-refractivity contribution is 5.75. The average Bonchev–Trinajstić information content (AvgIpc) is 2.89. The molecule has 0 radical (unpaired) electrons. The van der Waals surface area contributed by atoms with Gasteiger partial charge >= 0.3 is 0 Å². The number of hydrogen-bond donors (Lipinski definition) is 1. The number of H-pyrrole nitrogens is 1. The van der Waals surface area contributed by atoms with E-state index in [4.69, 9.17) is 9.72 Å². The lowest BCUT2D eigenvalue weighted by Crippen LogP contribution is -2.62. The minimum absolute atomic E-state index is 0.178. The first-order chi connectivity index (χ1) is 9.74. The van der Waals surface area contributed by atoms with Crippen molar-refractivity contribution in [1.82, 2.24) is 14.9 Å². The van der Waals surface area contributed by atoms with Crippen LogP contribution < -0.4 is 0 Å². The number of nitrogens with zero attached hydrogens (tertiary/aromatic N) is 2. The number of hydrogen-bond acceptors (Lipinski definition) is 3. The van der Waals surface area contributed by atoms with Gasteiger partial charge < -0.3 is 9.72 Å². The molecule has 2 aromatic rings. The lowest BCUT2D eigenvalue weighted by Gasteiger charge is -2.51. The second kappa shape index (κ2) is 4.57. The van der Waals surface area contributed by atoms with Gasteiger partial charge in [0.05, 0.1) is 16.4 Å². The molecular weight excluding hydrogens is 250 g/mol. The van der Waals surface area contributed by atoms with E-state index >= 15 is 0 Å². The third-order valence-corrected chi connectivity index (χ3v) is 4.77. The third kappa shape index (κ3) is 1.95. The third-order valence-electron chi connectivity index (χ3n) is 4.77. The van der Waals surface area contributed by atoms with E-state index in [-0.39, 0.29) is 5.41 Å². The molecule has 2 fully saturated rings. The van der Waals surface area contributed by atoms with Crippen LogP contribution in [-0.4, -0.2) is 47.2 Å². The fraction of sp³-hybridized carbons (Fsp3) is 0.562. The summed E-state index contributed by atoms with van der Waals surface area (Å²) in [5.74, 6) is 1.14. The first-order valence-corrected chi connectivity index (χ1v) is 7.52. The molecule has 4 rings (SSSR count). The molecule has 106 valence electrons. The maximum Gasteiger partial charge on any atom is 0.115 e. The molecule has 3 heterocycles. The minimum Gasteiger partial charge on any atom is -0.381 e. The fourth-order valence-corrected chi connectivity index (χ4v) is 3.55. The molecule has 4 heteroatoms. The molecular formula is C16H21N3O. The highest BCUT2D eigenvalue weighted by Crippen LogP contribution is 2.36. The smallest absolute Gasteiger partial charge is 0.115 e. The van der Waals surface area contributed by atoms with Crippen molar-refractivity contribution in [2.45, 2.75) is 31.2 Å². The second-order valence-corrected chi connectivity index (χ2v) is 6.41. The molecule has 2 saturated heterocycles. The van der Waals surface area contributed by atoms with Crippen LogP contribution >= 0.6 is 0 Å². The van der Waals surface area contributed by atoms with Crippen LogP contribution in [0.4, 0.5) is 0 Å². The van der Waals surface area contributed by atoms with E-state index in [0.717, 1.165) is 43.2 Å². The zero-order valence-corrected chi connectivity index (χ0v) is 11.9. The summed E-state index contributed by atoms with van der Waals surface area (Å²) >= 11 is 0. The van der Waals surface area contributed by atoms with Crippen molar-refractivity contribution < 1.29 is 4.74 Å². The molecule has 0 spiro atoms. The van der Waals surface area contributed by atoms with E-state index in [1.165, 1.54) is 12.8 Å². The van der Waals surface area contributed by atoms with Crippen LogP contribution in [0.15, 0.2) is 24.3 Å². The summed E-state index contributed by atoms with van der Waals surface area (Å²) in [5.41, 5.74) is 2.40. The zero-order valence-electron chi connectivity index (χ0n) is 11.9. The maximum atomic E-state index is 5.45. The van der Waals surface area contributed by atoms with Gasteiger partial charge in [-0.2, -0.15) is 0 Å². The first-order valence-electron chi connectivity index (χ1n) is 7.52. The van der Waals surface area contributed by atoms with Gasteiger partial charge in [-0.05, 0) is 25.0 Å². The highest BCUT2D eigenvalue weighted by atomic mass is 16.5. The van der Waals surface area contributed by atoms with Crippen LogP contribution in [0.25, 0.3) is 11.0 Å². The Morgan fingerprint density at radius 3 is 2.75 bits per heavy atom. The summed E-state index contributed by atoms with van der Waals surface area (Å²) < 4.78 is 5.45.